The Morgan fingerprint density at radius 3 is 0.667 bits per heavy atom. The number of hydrogen-bond donors (Lipinski definition) is 0. The van der Waals surface area contributed by atoms with Gasteiger partial charge < -0.3 is 0 Å². The van der Waals surface area contributed by atoms with E-state index in [1.807, 2.05) is 0 Å². The van der Waals surface area contributed by atoms with Crippen molar-refractivity contribution in [1.29, 1.82) is 0 Å². The van der Waals surface area contributed by atoms with Crippen LogP contribution in [0.3, 0.4) is 0 Å². The summed E-state index contributed by atoms with van der Waals surface area (Å²) in [7, 11) is -3.23. The molecule has 0 saturated carbocycles. The molecule has 0 atom stereocenters. The summed E-state index contributed by atoms with van der Waals surface area (Å²) in [6.45, 7) is 27.9. The van der Waals surface area contributed by atoms with E-state index >= 15 is 0 Å². The van der Waals surface area contributed by atoms with Crippen LogP contribution in [0.2, 0.25) is 65.5 Å². The molecule has 6 radical (unpaired) electrons. The van der Waals surface area contributed by atoms with Crippen LogP contribution in [0.15, 0.2) is 121 Å². The van der Waals surface area contributed by atoms with Gasteiger partial charge in [0.1, 0.15) is 0 Å². The van der Waals surface area contributed by atoms with E-state index in [4.69, 9.17) is 0 Å². The number of benzene rings is 4. The van der Waals surface area contributed by atoms with Crippen LogP contribution in [0.5, 0.6) is 0 Å². The fourth-order valence-corrected chi connectivity index (χ4v) is 209. The summed E-state index contributed by atoms with van der Waals surface area (Å²) in [5.41, 5.74) is 0. The summed E-state index contributed by atoms with van der Waals surface area (Å²) in [5, 5.41) is 0. The first-order chi connectivity index (χ1) is 19.7. The molecule has 0 unspecified atom stereocenters. The van der Waals surface area contributed by atoms with Crippen molar-refractivity contribution >= 4 is 101 Å². The maximum absolute atomic E-state index is 2.79. The van der Waals surface area contributed by atoms with Gasteiger partial charge in [-0.25, -0.2) is 0 Å². The van der Waals surface area contributed by atoms with E-state index in [2.05, 4.69) is 187 Å². The minimum absolute atomic E-state index is 0.0357. The zero-order valence-electron chi connectivity index (χ0n) is 27.5. The molecule has 0 aliphatic carbocycles. The van der Waals surface area contributed by atoms with Crippen LogP contribution in [0, 0.1) is 0 Å². The standard InChI is InChI=1S/C10H30Si6.4C6H5.2Sn/c1-11-13(3,4)15(7,8)12(2)16(9,10)14(11,5)6;4*1-2-4-6-5-3-1;;/h1-10H3;4*1-5H;;. The molecule has 0 spiro atoms. The Hall–Kier alpha value is -0.221. The van der Waals surface area contributed by atoms with Crippen LogP contribution in [0.25, 0.3) is 0 Å². The van der Waals surface area contributed by atoms with E-state index in [9.17, 15) is 0 Å². The van der Waals surface area contributed by atoms with E-state index in [-0.39, 0.29) is 15.7 Å². The molecule has 0 nitrogen and oxygen atoms in total. The van der Waals surface area contributed by atoms with Crippen molar-refractivity contribution in [3.8, 4) is 0 Å². The van der Waals surface area contributed by atoms with Crippen molar-refractivity contribution in [2.45, 2.75) is 65.5 Å². The Balaban J connectivity index is 0.000000174. The summed E-state index contributed by atoms with van der Waals surface area (Å²) in [6, 6.07) is 43.2. The topological polar surface area (TPSA) is 0 Å². The minimum atomic E-state index is -0.826. The Morgan fingerprint density at radius 2 is 0.500 bits per heavy atom. The second-order valence-corrected chi connectivity index (χ2v) is 85.0. The summed E-state index contributed by atoms with van der Waals surface area (Å²) in [6.07, 6.45) is 0. The first kappa shape index (κ1) is 36.2. The molecule has 1 aliphatic heterocycles. The molecule has 4 aromatic rings. The third-order valence-corrected chi connectivity index (χ3v) is 145. The molecule has 8 heteroatoms. The van der Waals surface area contributed by atoms with E-state index < -0.39 is 70.7 Å². The monoisotopic (exact) mass is 866 g/mol. The van der Waals surface area contributed by atoms with E-state index in [0.717, 1.165) is 0 Å². The van der Waals surface area contributed by atoms with Crippen molar-refractivity contribution in [3.05, 3.63) is 121 Å². The molecule has 0 N–H and O–H groups in total. The Morgan fingerprint density at radius 1 is 0.333 bits per heavy atom. The Bertz CT molecular complexity index is 1140. The molecule has 1 fully saturated rings. The molecule has 218 valence electrons. The van der Waals surface area contributed by atoms with Gasteiger partial charge in [-0.2, -0.15) is 0 Å². The van der Waals surface area contributed by atoms with Crippen LogP contribution in [-0.2, 0) is 0 Å². The van der Waals surface area contributed by atoms with Crippen molar-refractivity contribution in [1.82, 2.24) is 0 Å². The fraction of sp³-hybridized carbons (Fsp3) is 0.294. The van der Waals surface area contributed by atoms with Crippen molar-refractivity contribution in [2.75, 3.05) is 0 Å². The predicted octanol–water partition coefficient (Wildman–Crippen LogP) is 6.24. The summed E-state index contributed by atoms with van der Waals surface area (Å²) < 4.78 is 6.16. The summed E-state index contributed by atoms with van der Waals surface area (Å²) >= 11 is -1.03. The first-order valence-electron chi connectivity index (χ1n) is 15.1. The summed E-state index contributed by atoms with van der Waals surface area (Å²) in [5.74, 6) is 0. The van der Waals surface area contributed by atoms with Gasteiger partial charge in [-0.1, -0.05) is 65.5 Å². The Labute approximate surface area is 284 Å². The second kappa shape index (κ2) is 15.9. The summed E-state index contributed by atoms with van der Waals surface area (Å²) in [4.78, 5) is 0. The van der Waals surface area contributed by atoms with E-state index in [1.54, 1.807) is 0 Å². The van der Waals surface area contributed by atoms with Crippen molar-refractivity contribution in [3.63, 3.8) is 0 Å². The zero-order valence-corrected chi connectivity index (χ0v) is 39.3. The molecule has 0 amide bonds. The van der Waals surface area contributed by atoms with Gasteiger partial charge in [0.05, 0.1) is 0 Å². The van der Waals surface area contributed by atoms with E-state index in [0.29, 0.717) is 0 Å². The zero-order chi connectivity index (χ0) is 31.0. The molecule has 0 bridgehead atoms. The first-order valence-corrected chi connectivity index (χ1v) is 42.9. The molecular formula is C34H50Si6Sn2. The van der Waals surface area contributed by atoms with E-state index in [1.165, 1.54) is 14.3 Å². The fourth-order valence-electron chi connectivity index (χ4n) is 5.86. The quantitative estimate of drug-likeness (QED) is 0.214. The molecular weight excluding hydrogens is 814 g/mol. The second-order valence-electron chi connectivity index (χ2n) is 13.5. The molecule has 1 heterocycles. The van der Waals surface area contributed by atoms with Gasteiger partial charge in [-0.15, -0.1) is 0 Å². The van der Waals surface area contributed by atoms with Gasteiger partial charge in [-0.3, -0.25) is 0 Å². The van der Waals surface area contributed by atoms with Gasteiger partial charge in [0.15, 0.2) is 0 Å². The van der Waals surface area contributed by atoms with Crippen LogP contribution < -0.4 is 14.3 Å². The predicted molar refractivity (Wildman–Crippen MR) is 209 cm³/mol. The van der Waals surface area contributed by atoms with Crippen molar-refractivity contribution in [2.24, 2.45) is 0 Å². The number of hydrogen-bond acceptors (Lipinski definition) is 0. The van der Waals surface area contributed by atoms with Crippen molar-refractivity contribution < 1.29 is 0 Å². The average molecular weight is 865 g/mol. The molecule has 4 aromatic carbocycles. The van der Waals surface area contributed by atoms with Gasteiger partial charge in [0.25, 0.3) is 0 Å². The van der Waals surface area contributed by atoms with Gasteiger partial charge in [0.2, 0.25) is 0 Å². The van der Waals surface area contributed by atoms with Crippen LogP contribution in [0.4, 0.5) is 0 Å². The van der Waals surface area contributed by atoms with Crippen LogP contribution in [0.1, 0.15) is 0 Å². The van der Waals surface area contributed by atoms with Gasteiger partial charge >= 0.3 is 178 Å². The number of rotatable bonds is 4. The van der Waals surface area contributed by atoms with Gasteiger partial charge in [-0.05, 0) is 0 Å². The average Bonchev–Trinajstić information content (AvgIpc) is 2.98. The normalized spacial score (nSPS) is 18.5. The molecule has 5 rings (SSSR count). The molecule has 1 aliphatic rings. The van der Waals surface area contributed by atoms with Gasteiger partial charge in [0, 0.05) is 44.1 Å². The third-order valence-electron chi connectivity index (χ3n) is 10.5. The molecule has 42 heavy (non-hydrogen) atoms. The SMILES string of the molecule is C[Si]1[Si](C)(C)[Si](C)(C)[Si](C)[Si](C)(C)[Si]1(C)C.c1cc[c]([Sn][c]2ccccc2)cc1.c1cc[c]([Sn][c]2ccccc2)cc1. The molecule has 1 saturated heterocycles. The molecule has 0 aromatic heterocycles. The third kappa shape index (κ3) is 8.94. The van der Waals surface area contributed by atoms with Crippen LogP contribution in [-0.4, -0.2) is 86.4 Å². The Kier molecular flexibility index (Phi) is 13.7. The van der Waals surface area contributed by atoms with Crippen LogP contribution >= 0.6 is 0 Å². The maximum atomic E-state index is 2.79.